The molecule has 2 aromatic rings. The number of hydrogen-bond acceptors (Lipinski definition) is 3. The molecule has 0 spiro atoms. The van der Waals surface area contributed by atoms with Crippen molar-refractivity contribution in [1.29, 1.82) is 0 Å². The van der Waals surface area contributed by atoms with E-state index >= 15 is 0 Å². The zero-order chi connectivity index (χ0) is 19.3. The van der Waals surface area contributed by atoms with Crippen LogP contribution in [0, 0.1) is 0 Å². The Bertz CT molecular complexity index is 789. The van der Waals surface area contributed by atoms with Gasteiger partial charge in [0.05, 0.1) is 0 Å². The van der Waals surface area contributed by atoms with Crippen molar-refractivity contribution in [2.45, 2.75) is 57.9 Å². The Morgan fingerprint density at radius 2 is 1.96 bits per heavy atom. The summed E-state index contributed by atoms with van der Waals surface area (Å²) in [6.07, 6.45) is 8.95. The molecule has 3 heterocycles. The van der Waals surface area contributed by atoms with E-state index in [4.69, 9.17) is 0 Å². The van der Waals surface area contributed by atoms with E-state index < -0.39 is 0 Å². The third-order valence-electron chi connectivity index (χ3n) is 6.25. The third-order valence-corrected chi connectivity index (χ3v) is 6.25. The first-order chi connectivity index (χ1) is 13.7. The molecule has 0 unspecified atom stereocenters. The van der Waals surface area contributed by atoms with E-state index in [9.17, 15) is 4.79 Å². The molecule has 28 heavy (non-hydrogen) atoms. The molecule has 5 heteroatoms. The van der Waals surface area contributed by atoms with E-state index in [1.165, 1.54) is 30.4 Å². The summed E-state index contributed by atoms with van der Waals surface area (Å²) in [5.41, 5.74) is 3.34. The maximum absolute atomic E-state index is 12.5. The Morgan fingerprint density at radius 1 is 1.18 bits per heavy atom. The molecule has 2 aliphatic heterocycles. The predicted octanol–water partition coefficient (Wildman–Crippen LogP) is 3.39. The Labute approximate surface area is 168 Å². The first-order valence-corrected chi connectivity index (χ1v) is 10.9. The number of fused-ring (bicyclic) bond motifs is 1. The maximum atomic E-state index is 12.5. The van der Waals surface area contributed by atoms with Gasteiger partial charge in [-0.15, -0.1) is 0 Å². The van der Waals surface area contributed by atoms with Gasteiger partial charge in [0.1, 0.15) is 11.5 Å². The fraction of sp³-hybridized carbons (Fsp3) is 0.565. The smallest absolute Gasteiger partial charge is 0.271 e. The maximum Gasteiger partial charge on any atom is 0.271 e. The SMILES string of the molecule is CCc1ccc([C@@H]2CCc3nc(C(=O)NCCN4CCCCC4)cn3C2)cc1. The van der Waals surface area contributed by atoms with Gasteiger partial charge in [0.2, 0.25) is 0 Å². The number of rotatable bonds is 6. The summed E-state index contributed by atoms with van der Waals surface area (Å²) in [5, 5.41) is 3.05. The summed E-state index contributed by atoms with van der Waals surface area (Å²) in [4.78, 5) is 19.6. The fourth-order valence-corrected chi connectivity index (χ4v) is 4.45. The number of aryl methyl sites for hydroxylation is 2. The van der Waals surface area contributed by atoms with Gasteiger partial charge in [0.25, 0.3) is 5.91 Å². The fourth-order valence-electron chi connectivity index (χ4n) is 4.45. The summed E-state index contributed by atoms with van der Waals surface area (Å²) >= 11 is 0. The average molecular weight is 381 g/mol. The highest BCUT2D eigenvalue weighted by atomic mass is 16.1. The van der Waals surface area contributed by atoms with Gasteiger partial charge < -0.3 is 14.8 Å². The second-order valence-electron chi connectivity index (χ2n) is 8.18. The number of hydrogen-bond donors (Lipinski definition) is 1. The molecule has 4 rings (SSSR count). The van der Waals surface area contributed by atoms with Crippen LogP contribution in [0.25, 0.3) is 0 Å². The minimum absolute atomic E-state index is 0.0391. The van der Waals surface area contributed by atoms with Crippen LogP contribution in [0.5, 0.6) is 0 Å². The van der Waals surface area contributed by atoms with Gasteiger partial charge in [-0.05, 0) is 49.9 Å². The van der Waals surface area contributed by atoms with E-state index in [2.05, 4.69) is 51.0 Å². The van der Waals surface area contributed by atoms with Gasteiger partial charge in [-0.1, -0.05) is 37.6 Å². The Hall–Kier alpha value is -2.14. The number of carbonyl (C=O) groups excluding carboxylic acids is 1. The first kappa shape index (κ1) is 19.2. The Kier molecular flexibility index (Phi) is 6.10. The van der Waals surface area contributed by atoms with Crippen LogP contribution in [-0.4, -0.2) is 46.5 Å². The number of amides is 1. The topological polar surface area (TPSA) is 50.2 Å². The average Bonchev–Trinajstić information content (AvgIpc) is 3.18. The molecule has 0 saturated carbocycles. The van der Waals surface area contributed by atoms with Gasteiger partial charge >= 0.3 is 0 Å². The van der Waals surface area contributed by atoms with Crippen LogP contribution in [0.4, 0.5) is 0 Å². The van der Waals surface area contributed by atoms with Crippen LogP contribution < -0.4 is 5.32 Å². The van der Waals surface area contributed by atoms with Crippen molar-refractivity contribution in [3.8, 4) is 0 Å². The zero-order valence-corrected chi connectivity index (χ0v) is 17.0. The van der Waals surface area contributed by atoms with Crippen molar-refractivity contribution < 1.29 is 4.79 Å². The minimum Gasteiger partial charge on any atom is -0.349 e. The van der Waals surface area contributed by atoms with Crippen LogP contribution in [-0.2, 0) is 19.4 Å². The highest BCUT2D eigenvalue weighted by molar-refractivity contribution is 5.92. The standard InChI is InChI=1S/C23H32N4O/c1-2-18-6-8-19(9-7-18)20-10-11-22-25-21(17-27(22)16-20)23(28)24-12-15-26-13-4-3-5-14-26/h6-9,17,20H,2-5,10-16H2,1H3,(H,24,28)/t20-/m1/s1. The molecule has 0 bridgehead atoms. The molecule has 0 aliphatic carbocycles. The molecule has 1 saturated heterocycles. The van der Waals surface area contributed by atoms with Crippen LogP contribution in [0.1, 0.15) is 66.0 Å². The number of aromatic nitrogens is 2. The lowest BCUT2D eigenvalue weighted by atomic mass is 9.91. The molecule has 1 N–H and O–H groups in total. The monoisotopic (exact) mass is 380 g/mol. The van der Waals surface area contributed by atoms with E-state index in [0.29, 0.717) is 18.2 Å². The Morgan fingerprint density at radius 3 is 2.71 bits per heavy atom. The van der Waals surface area contributed by atoms with Crippen molar-refractivity contribution in [2.24, 2.45) is 0 Å². The molecular weight excluding hydrogens is 348 g/mol. The van der Waals surface area contributed by atoms with Gasteiger partial charge in [-0.2, -0.15) is 0 Å². The van der Waals surface area contributed by atoms with Gasteiger partial charge in [-0.3, -0.25) is 4.79 Å². The van der Waals surface area contributed by atoms with Gasteiger partial charge in [0.15, 0.2) is 0 Å². The zero-order valence-electron chi connectivity index (χ0n) is 17.0. The number of imidazole rings is 1. The number of piperidine rings is 1. The highest BCUT2D eigenvalue weighted by Gasteiger charge is 2.23. The molecule has 1 fully saturated rings. The van der Waals surface area contributed by atoms with Crippen LogP contribution in [0.3, 0.4) is 0 Å². The second kappa shape index (κ2) is 8.91. The molecule has 150 valence electrons. The summed E-state index contributed by atoms with van der Waals surface area (Å²) in [5.74, 6) is 1.51. The lowest BCUT2D eigenvalue weighted by molar-refractivity contribution is 0.0942. The van der Waals surface area contributed by atoms with E-state index in [-0.39, 0.29) is 5.91 Å². The molecule has 1 amide bonds. The largest absolute Gasteiger partial charge is 0.349 e. The Balaban J connectivity index is 1.33. The van der Waals surface area contributed by atoms with Crippen molar-refractivity contribution in [1.82, 2.24) is 19.8 Å². The molecular formula is C23H32N4O. The number of nitrogens with zero attached hydrogens (tertiary/aromatic N) is 3. The second-order valence-corrected chi connectivity index (χ2v) is 8.18. The highest BCUT2D eigenvalue weighted by Crippen LogP contribution is 2.29. The predicted molar refractivity (Wildman–Crippen MR) is 112 cm³/mol. The van der Waals surface area contributed by atoms with Crippen molar-refractivity contribution in [3.63, 3.8) is 0 Å². The molecule has 5 nitrogen and oxygen atoms in total. The van der Waals surface area contributed by atoms with Gasteiger partial charge in [-0.25, -0.2) is 4.98 Å². The number of likely N-dealkylation sites (tertiary alicyclic amines) is 1. The lowest BCUT2D eigenvalue weighted by Gasteiger charge is -2.26. The molecule has 1 atom stereocenters. The number of carbonyl (C=O) groups is 1. The number of nitrogens with one attached hydrogen (secondary N) is 1. The van der Waals surface area contributed by atoms with Crippen LogP contribution in [0.15, 0.2) is 30.5 Å². The van der Waals surface area contributed by atoms with Crippen molar-refractivity contribution >= 4 is 5.91 Å². The van der Waals surface area contributed by atoms with E-state index in [1.54, 1.807) is 0 Å². The summed E-state index contributed by atoms with van der Waals surface area (Å²) in [7, 11) is 0. The molecule has 2 aliphatic rings. The van der Waals surface area contributed by atoms with E-state index in [1.807, 2.05) is 6.20 Å². The summed E-state index contributed by atoms with van der Waals surface area (Å²) in [6, 6.07) is 9.00. The van der Waals surface area contributed by atoms with Crippen LogP contribution >= 0.6 is 0 Å². The van der Waals surface area contributed by atoms with Crippen molar-refractivity contribution in [3.05, 3.63) is 53.1 Å². The minimum atomic E-state index is -0.0391. The molecule has 0 radical (unpaired) electrons. The van der Waals surface area contributed by atoms with E-state index in [0.717, 1.165) is 51.3 Å². The first-order valence-electron chi connectivity index (χ1n) is 10.9. The van der Waals surface area contributed by atoms with Crippen molar-refractivity contribution in [2.75, 3.05) is 26.2 Å². The normalized spacial score (nSPS) is 20.0. The third kappa shape index (κ3) is 4.46. The lowest BCUT2D eigenvalue weighted by Crippen LogP contribution is -2.37. The number of benzene rings is 1. The van der Waals surface area contributed by atoms with Crippen LogP contribution in [0.2, 0.25) is 0 Å². The molecule has 1 aromatic carbocycles. The summed E-state index contributed by atoms with van der Waals surface area (Å²) < 4.78 is 2.18. The van der Waals surface area contributed by atoms with Gasteiger partial charge in [0, 0.05) is 38.2 Å². The summed E-state index contributed by atoms with van der Waals surface area (Å²) in [6.45, 7) is 7.06. The quantitative estimate of drug-likeness (QED) is 0.836. The molecule has 1 aromatic heterocycles.